The van der Waals surface area contributed by atoms with E-state index in [-0.39, 0.29) is 18.6 Å². The van der Waals surface area contributed by atoms with E-state index in [4.69, 9.17) is 14.2 Å². The van der Waals surface area contributed by atoms with Crippen molar-refractivity contribution in [1.82, 2.24) is 5.32 Å². The van der Waals surface area contributed by atoms with Gasteiger partial charge in [-0.2, -0.15) is 0 Å². The lowest BCUT2D eigenvalue weighted by Crippen LogP contribution is -2.45. The van der Waals surface area contributed by atoms with Crippen molar-refractivity contribution in [2.75, 3.05) is 20.8 Å². The fraction of sp³-hybridized carbons (Fsp3) is 0.524. The van der Waals surface area contributed by atoms with Gasteiger partial charge in [0, 0.05) is 17.7 Å². The Kier molecular flexibility index (Phi) is 7.70. The molecule has 0 bridgehead atoms. The van der Waals surface area contributed by atoms with E-state index in [0.29, 0.717) is 28.9 Å². The first-order chi connectivity index (χ1) is 13.0. The molecule has 1 fully saturated rings. The highest BCUT2D eigenvalue weighted by molar-refractivity contribution is 5.90. The van der Waals surface area contributed by atoms with Crippen LogP contribution < -0.4 is 14.8 Å². The number of para-hydroxylation sites is 1. The maximum atomic E-state index is 12.1. The highest BCUT2D eigenvalue weighted by atomic mass is 16.5. The molecule has 0 aliphatic heterocycles. The van der Waals surface area contributed by atoms with Gasteiger partial charge in [-0.1, -0.05) is 38.8 Å². The maximum absolute atomic E-state index is 12.1. The molecule has 3 atom stereocenters. The van der Waals surface area contributed by atoms with E-state index in [1.807, 2.05) is 0 Å². The van der Waals surface area contributed by atoms with Gasteiger partial charge in [0.25, 0.3) is 5.91 Å². The number of carbonyl (C=O) groups excluding carboxylic acids is 2. The van der Waals surface area contributed by atoms with Gasteiger partial charge in [-0.15, -0.1) is 0 Å². The summed E-state index contributed by atoms with van der Waals surface area (Å²) < 4.78 is 15.6. The quantitative estimate of drug-likeness (QED) is 0.585. The molecule has 148 valence electrons. The Labute approximate surface area is 160 Å². The molecular formula is C21H29NO5. The molecule has 2 rings (SSSR count). The fourth-order valence-corrected chi connectivity index (χ4v) is 3.42. The first-order valence-corrected chi connectivity index (χ1v) is 9.31. The van der Waals surface area contributed by atoms with E-state index < -0.39 is 5.97 Å². The number of carbonyl (C=O) groups is 2. The number of hydrogen-bond donors (Lipinski definition) is 1. The third-order valence-electron chi connectivity index (χ3n) is 5.23. The van der Waals surface area contributed by atoms with Crippen LogP contribution in [0.25, 0.3) is 6.08 Å². The van der Waals surface area contributed by atoms with Crippen LogP contribution in [0, 0.1) is 11.8 Å². The van der Waals surface area contributed by atoms with Gasteiger partial charge in [0.05, 0.1) is 14.2 Å². The predicted octanol–water partition coefficient (Wildman–Crippen LogP) is 3.20. The number of rotatable bonds is 7. The van der Waals surface area contributed by atoms with Crippen molar-refractivity contribution in [2.24, 2.45) is 11.8 Å². The molecule has 1 N–H and O–H groups in total. The number of hydrogen-bond acceptors (Lipinski definition) is 5. The van der Waals surface area contributed by atoms with Crippen LogP contribution in [0.4, 0.5) is 0 Å². The monoisotopic (exact) mass is 375 g/mol. The van der Waals surface area contributed by atoms with Gasteiger partial charge in [-0.05, 0) is 30.4 Å². The van der Waals surface area contributed by atoms with Crippen molar-refractivity contribution < 1.29 is 23.8 Å². The molecular weight excluding hydrogens is 346 g/mol. The third-order valence-corrected chi connectivity index (χ3v) is 5.23. The molecule has 0 heterocycles. The lowest BCUT2D eigenvalue weighted by molar-refractivity contribution is -0.144. The molecule has 1 aromatic carbocycles. The molecule has 0 saturated heterocycles. The molecule has 0 spiro atoms. The average Bonchev–Trinajstić information content (AvgIpc) is 2.67. The van der Waals surface area contributed by atoms with E-state index in [1.165, 1.54) is 19.6 Å². The Balaban J connectivity index is 1.85. The van der Waals surface area contributed by atoms with Crippen molar-refractivity contribution in [3.05, 3.63) is 29.8 Å². The zero-order valence-corrected chi connectivity index (χ0v) is 16.5. The van der Waals surface area contributed by atoms with Gasteiger partial charge in [0.2, 0.25) is 0 Å². The van der Waals surface area contributed by atoms with Crippen molar-refractivity contribution >= 4 is 18.0 Å². The van der Waals surface area contributed by atoms with Gasteiger partial charge in [0.15, 0.2) is 18.1 Å². The Morgan fingerprint density at radius 2 is 1.96 bits per heavy atom. The molecule has 27 heavy (non-hydrogen) atoms. The van der Waals surface area contributed by atoms with Crippen molar-refractivity contribution in [2.45, 2.75) is 39.2 Å². The molecule has 6 nitrogen and oxygen atoms in total. The van der Waals surface area contributed by atoms with E-state index in [2.05, 4.69) is 19.2 Å². The van der Waals surface area contributed by atoms with Crippen LogP contribution in [0.1, 0.15) is 38.7 Å². The number of methoxy groups -OCH3 is 2. The van der Waals surface area contributed by atoms with Crippen molar-refractivity contribution in [3.63, 3.8) is 0 Å². The van der Waals surface area contributed by atoms with Crippen molar-refractivity contribution in [3.8, 4) is 11.5 Å². The van der Waals surface area contributed by atoms with Crippen LogP contribution in [-0.4, -0.2) is 38.7 Å². The largest absolute Gasteiger partial charge is 0.493 e. The number of nitrogens with one attached hydrogen (secondary N) is 1. The summed E-state index contributed by atoms with van der Waals surface area (Å²) in [6.07, 6.45) is 6.13. The summed E-state index contributed by atoms with van der Waals surface area (Å²) in [5.41, 5.74) is 0.684. The van der Waals surface area contributed by atoms with E-state index in [1.54, 1.807) is 31.4 Å². The smallest absolute Gasteiger partial charge is 0.331 e. The van der Waals surface area contributed by atoms with Gasteiger partial charge in [0.1, 0.15) is 0 Å². The topological polar surface area (TPSA) is 73.9 Å². The summed E-state index contributed by atoms with van der Waals surface area (Å²) in [7, 11) is 3.08. The normalized spacial score (nSPS) is 22.3. The SMILES string of the molecule is COc1cccc(/C=C/C(=O)OCC(=O)N[C@@H]2CCC[C@H](C)[C@@H]2C)c1OC. The second kappa shape index (κ2) is 10.00. The predicted molar refractivity (Wildman–Crippen MR) is 104 cm³/mol. The maximum Gasteiger partial charge on any atom is 0.331 e. The fourth-order valence-electron chi connectivity index (χ4n) is 3.42. The van der Waals surface area contributed by atoms with E-state index in [0.717, 1.165) is 12.8 Å². The van der Waals surface area contributed by atoms with Crippen molar-refractivity contribution in [1.29, 1.82) is 0 Å². The Hall–Kier alpha value is -2.50. The molecule has 1 aromatic rings. The van der Waals surface area contributed by atoms with Gasteiger partial charge in [-0.3, -0.25) is 4.79 Å². The Morgan fingerprint density at radius 1 is 1.19 bits per heavy atom. The Bertz CT molecular complexity index is 685. The standard InChI is InChI=1S/C21H29NO5/c1-14-7-5-9-17(15(14)2)22-19(23)13-27-20(24)12-11-16-8-6-10-18(25-3)21(16)26-4/h6,8,10-12,14-15,17H,5,7,9,13H2,1-4H3,(H,22,23)/b12-11+/t14-,15-,17+/m0/s1. The second-order valence-electron chi connectivity index (χ2n) is 6.97. The molecule has 0 unspecified atom stereocenters. The molecule has 1 aliphatic rings. The lowest BCUT2D eigenvalue weighted by Gasteiger charge is -2.34. The van der Waals surface area contributed by atoms with Crippen LogP contribution in [-0.2, 0) is 14.3 Å². The molecule has 0 aromatic heterocycles. The highest BCUT2D eigenvalue weighted by Gasteiger charge is 2.28. The first-order valence-electron chi connectivity index (χ1n) is 9.31. The van der Waals surface area contributed by atoms with E-state index in [9.17, 15) is 9.59 Å². The van der Waals surface area contributed by atoms with Crippen LogP contribution >= 0.6 is 0 Å². The zero-order chi connectivity index (χ0) is 19.8. The Morgan fingerprint density at radius 3 is 2.67 bits per heavy atom. The minimum absolute atomic E-state index is 0.150. The lowest BCUT2D eigenvalue weighted by atomic mass is 9.78. The van der Waals surface area contributed by atoms with Crippen LogP contribution in [0.5, 0.6) is 11.5 Å². The third kappa shape index (κ3) is 5.74. The number of esters is 1. The van der Waals surface area contributed by atoms with Gasteiger partial charge in [-0.25, -0.2) is 4.79 Å². The van der Waals surface area contributed by atoms with Gasteiger partial charge >= 0.3 is 5.97 Å². The summed E-state index contributed by atoms with van der Waals surface area (Å²) in [5.74, 6) is 1.28. The number of amides is 1. The number of benzene rings is 1. The molecule has 0 radical (unpaired) electrons. The summed E-state index contributed by atoms with van der Waals surface area (Å²) in [6.45, 7) is 4.09. The summed E-state index contributed by atoms with van der Waals surface area (Å²) in [6, 6.07) is 5.51. The van der Waals surface area contributed by atoms with Crippen LogP contribution in [0.15, 0.2) is 24.3 Å². The molecule has 1 amide bonds. The molecule has 1 saturated carbocycles. The van der Waals surface area contributed by atoms with Crippen LogP contribution in [0.3, 0.4) is 0 Å². The number of ether oxygens (including phenoxy) is 3. The minimum Gasteiger partial charge on any atom is -0.493 e. The molecule has 1 aliphatic carbocycles. The summed E-state index contributed by atoms with van der Waals surface area (Å²) >= 11 is 0. The first kappa shape index (κ1) is 20.8. The van der Waals surface area contributed by atoms with Gasteiger partial charge < -0.3 is 19.5 Å². The zero-order valence-electron chi connectivity index (χ0n) is 16.5. The second-order valence-corrected chi connectivity index (χ2v) is 6.97. The minimum atomic E-state index is -0.583. The van der Waals surface area contributed by atoms with E-state index >= 15 is 0 Å². The molecule has 6 heteroatoms. The average molecular weight is 375 g/mol. The highest BCUT2D eigenvalue weighted by Crippen LogP contribution is 2.31. The summed E-state index contributed by atoms with van der Waals surface area (Å²) in [4.78, 5) is 24.0. The summed E-state index contributed by atoms with van der Waals surface area (Å²) in [5, 5.41) is 2.98. The van der Waals surface area contributed by atoms with Crippen LogP contribution in [0.2, 0.25) is 0 Å².